The van der Waals surface area contributed by atoms with Crippen molar-refractivity contribution in [1.29, 1.82) is 0 Å². The van der Waals surface area contributed by atoms with Gasteiger partial charge in [0.2, 0.25) is 5.91 Å². The van der Waals surface area contributed by atoms with Crippen LogP contribution in [-0.4, -0.2) is 42.8 Å². The van der Waals surface area contributed by atoms with Crippen LogP contribution in [0.3, 0.4) is 0 Å². The second-order valence-corrected chi connectivity index (χ2v) is 4.42. The Kier molecular flexibility index (Phi) is 7.41. The number of aliphatic hydroxyl groups excluding tert-OH is 1. The van der Waals surface area contributed by atoms with Gasteiger partial charge in [0.15, 0.2) is 0 Å². The monoisotopic (exact) mass is 275 g/mol. The molecule has 4 nitrogen and oxygen atoms in total. The Morgan fingerprint density at radius 3 is 2.85 bits per heavy atom. The second kappa shape index (κ2) is 9.13. The van der Waals surface area contributed by atoms with Crippen LogP contribution in [0.5, 0.6) is 0 Å². The van der Waals surface area contributed by atoms with Crippen LogP contribution < -0.4 is 0 Å². The van der Waals surface area contributed by atoms with Crippen LogP contribution in [-0.2, 0) is 16.1 Å². The number of carbonyl (C=O) groups excluding carboxylic acids is 1. The van der Waals surface area contributed by atoms with E-state index >= 15 is 0 Å². The molecule has 0 radical (unpaired) electrons. The molecule has 0 aliphatic carbocycles. The van der Waals surface area contributed by atoms with Gasteiger partial charge in [0.1, 0.15) is 13.2 Å². The minimum Gasteiger partial charge on any atom is -0.384 e. The standard InChI is InChI=1S/C16H21NO3/c1-3-11-20-13-16(19)17(2)12-15-8-5-4-7-14(15)9-6-10-18/h4-5,7-8,18H,3,10-13H2,1-2H3. The van der Waals surface area contributed by atoms with Gasteiger partial charge in [-0.25, -0.2) is 0 Å². The molecule has 0 saturated carbocycles. The molecule has 0 heterocycles. The Morgan fingerprint density at radius 2 is 2.15 bits per heavy atom. The highest BCUT2D eigenvalue weighted by Crippen LogP contribution is 2.10. The zero-order chi connectivity index (χ0) is 14.8. The summed E-state index contributed by atoms with van der Waals surface area (Å²) in [5.74, 6) is 5.46. The Labute approximate surface area is 120 Å². The van der Waals surface area contributed by atoms with E-state index in [0.717, 1.165) is 17.5 Å². The van der Waals surface area contributed by atoms with E-state index in [1.54, 1.807) is 11.9 Å². The van der Waals surface area contributed by atoms with Crippen LogP contribution in [0.4, 0.5) is 0 Å². The molecule has 0 fully saturated rings. The largest absolute Gasteiger partial charge is 0.384 e. The highest BCUT2D eigenvalue weighted by atomic mass is 16.5. The first-order valence-electron chi connectivity index (χ1n) is 6.68. The van der Waals surface area contributed by atoms with Gasteiger partial charge >= 0.3 is 0 Å². The van der Waals surface area contributed by atoms with E-state index in [0.29, 0.717) is 13.2 Å². The summed E-state index contributed by atoms with van der Waals surface area (Å²) in [5, 5.41) is 8.75. The summed E-state index contributed by atoms with van der Waals surface area (Å²) in [5.41, 5.74) is 1.79. The van der Waals surface area contributed by atoms with E-state index in [9.17, 15) is 4.79 Å². The number of rotatable bonds is 6. The first-order valence-corrected chi connectivity index (χ1v) is 6.68. The van der Waals surface area contributed by atoms with Crippen molar-refractivity contribution in [3.63, 3.8) is 0 Å². The van der Waals surface area contributed by atoms with E-state index in [1.807, 2.05) is 31.2 Å². The molecule has 0 atom stereocenters. The summed E-state index contributed by atoms with van der Waals surface area (Å²) in [6, 6.07) is 7.60. The first kappa shape index (κ1) is 16.2. The summed E-state index contributed by atoms with van der Waals surface area (Å²) >= 11 is 0. The molecule has 0 spiro atoms. The Balaban J connectivity index is 2.65. The molecular formula is C16H21NO3. The lowest BCUT2D eigenvalue weighted by molar-refractivity contribution is -0.135. The van der Waals surface area contributed by atoms with Crippen LogP contribution in [0.2, 0.25) is 0 Å². The average Bonchev–Trinajstić information content (AvgIpc) is 2.46. The molecule has 1 aromatic carbocycles. The molecular weight excluding hydrogens is 254 g/mol. The topological polar surface area (TPSA) is 49.8 Å². The molecule has 0 bridgehead atoms. The zero-order valence-electron chi connectivity index (χ0n) is 12.1. The van der Waals surface area contributed by atoms with Gasteiger partial charge in [-0.1, -0.05) is 37.0 Å². The highest BCUT2D eigenvalue weighted by molar-refractivity contribution is 5.77. The summed E-state index contributed by atoms with van der Waals surface area (Å²) in [6.07, 6.45) is 0.899. The predicted octanol–water partition coefficient (Wildman–Crippen LogP) is 1.42. The van der Waals surface area contributed by atoms with Gasteiger partial charge in [-0.2, -0.15) is 0 Å². The molecule has 1 rings (SSSR count). The van der Waals surface area contributed by atoms with E-state index in [-0.39, 0.29) is 19.1 Å². The lowest BCUT2D eigenvalue weighted by Gasteiger charge is -2.18. The molecule has 20 heavy (non-hydrogen) atoms. The number of aliphatic hydroxyl groups is 1. The summed E-state index contributed by atoms with van der Waals surface area (Å²) in [7, 11) is 1.74. The number of amides is 1. The van der Waals surface area contributed by atoms with Crippen LogP contribution in [0.15, 0.2) is 24.3 Å². The van der Waals surface area contributed by atoms with E-state index < -0.39 is 0 Å². The number of likely N-dealkylation sites (N-methyl/N-ethyl adjacent to an activating group) is 1. The van der Waals surface area contributed by atoms with Gasteiger partial charge in [0, 0.05) is 25.8 Å². The molecule has 1 aromatic rings. The summed E-state index contributed by atoms with van der Waals surface area (Å²) in [6.45, 7) is 3.01. The Morgan fingerprint density at radius 1 is 1.40 bits per heavy atom. The van der Waals surface area contributed by atoms with Gasteiger partial charge in [-0.05, 0) is 18.1 Å². The number of hydrogen-bond donors (Lipinski definition) is 1. The Bertz CT molecular complexity index is 488. The molecule has 0 aromatic heterocycles. The third-order valence-electron chi connectivity index (χ3n) is 2.73. The Hall–Kier alpha value is -1.83. The normalized spacial score (nSPS) is 9.75. The predicted molar refractivity (Wildman–Crippen MR) is 78.0 cm³/mol. The first-order chi connectivity index (χ1) is 9.69. The fourth-order valence-corrected chi connectivity index (χ4v) is 1.67. The van der Waals surface area contributed by atoms with Crippen molar-refractivity contribution in [1.82, 2.24) is 4.90 Å². The average molecular weight is 275 g/mol. The summed E-state index contributed by atoms with van der Waals surface area (Å²) in [4.78, 5) is 13.5. The van der Waals surface area contributed by atoms with Crippen LogP contribution in [0.25, 0.3) is 0 Å². The number of nitrogens with zero attached hydrogens (tertiary/aromatic N) is 1. The van der Waals surface area contributed by atoms with E-state index in [2.05, 4.69) is 11.8 Å². The third kappa shape index (κ3) is 5.43. The van der Waals surface area contributed by atoms with Crippen molar-refractivity contribution in [3.05, 3.63) is 35.4 Å². The minimum atomic E-state index is -0.173. The molecule has 4 heteroatoms. The number of benzene rings is 1. The molecule has 1 N–H and O–H groups in total. The fraction of sp³-hybridized carbons (Fsp3) is 0.438. The van der Waals surface area contributed by atoms with Crippen LogP contribution >= 0.6 is 0 Å². The maximum Gasteiger partial charge on any atom is 0.248 e. The maximum absolute atomic E-state index is 11.9. The van der Waals surface area contributed by atoms with E-state index in [4.69, 9.17) is 9.84 Å². The van der Waals surface area contributed by atoms with Crippen molar-refractivity contribution in [3.8, 4) is 11.8 Å². The minimum absolute atomic E-state index is 0.0524. The second-order valence-electron chi connectivity index (χ2n) is 4.42. The van der Waals surface area contributed by atoms with Gasteiger partial charge in [-0.3, -0.25) is 4.79 Å². The third-order valence-corrected chi connectivity index (χ3v) is 2.73. The molecule has 108 valence electrons. The molecule has 0 unspecified atom stereocenters. The van der Waals surface area contributed by atoms with Crippen molar-refractivity contribution in [2.24, 2.45) is 0 Å². The smallest absolute Gasteiger partial charge is 0.248 e. The van der Waals surface area contributed by atoms with Crippen molar-refractivity contribution < 1.29 is 14.6 Å². The molecule has 0 aliphatic heterocycles. The van der Waals surface area contributed by atoms with Crippen LogP contribution in [0, 0.1) is 11.8 Å². The fourth-order valence-electron chi connectivity index (χ4n) is 1.67. The van der Waals surface area contributed by atoms with Gasteiger partial charge in [0.25, 0.3) is 0 Å². The highest BCUT2D eigenvalue weighted by Gasteiger charge is 2.10. The van der Waals surface area contributed by atoms with Crippen molar-refractivity contribution in [2.75, 3.05) is 26.9 Å². The molecule has 0 saturated heterocycles. The lowest BCUT2D eigenvalue weighted by atomic mass is 10.1. The molecule has 0 aliphatic rings. The van der Waals surface area contributed by atoms with Gasteiger partial charge in [0.05, 0.1) is 0 Å². The van der Waals surface area contributed by atoms with Crippen LogP contribution in [0.1, 0.15) is 24.5 Å². The quantitative estimate of drug-likeness (QED) is 0.631. The van der Waals surface area contributed by atoms with Crippen molar-refractivity contribution >= 4 is 5.91 Å². The number of carbonyl (C=O) groups is 1. The van der Waals surface area contributed by atoms with Gasteiger partial charge in [-0.15, -0.1) is 0 Å². The van der Waals surface area contributed by atoms with Crippen molar-refractivity contribution in [2.45, 2.75) is 19.9 Å². The SMILES string of the molecule is CCCOCC(=O)N(C)Cc1ccccc1C#CCO. The molecule has 1 amide bonds. The number of ether oxygens (including phenoxy) is 1. The zero-order valence-corrected chi connectivity index (χ0v) is 12.1. The van der Waals surface area contributed by atoms with Gasteiger partial charge < -0.3 is 14.7 Å². The maximum atomic E-state index is 11.9. The number of hydrogen-bond acceptors (Lipinski definition) is 3. The van der Waals surface area contributed by atoms with E-state index in [1.165, 1.54) is 0 Å². The summed E-state index contributed by atoms with van der Waals surface area (Å²) < 4.78 is 5.25. The lowest BCUT2D eigenvalue weighted by Crippen LogP contribution is -2.30.